The van der Waals surface area contributed by atoms with Gasteiger partial charge in [0.25, 0.3) is 0 Å². The van der Waals surface area contributed by atoms with Gasteiger partial charge >= 0.3 is 0 Å². The van der Waals surface area contributed by atoms with E-state index >= 15 is 0 Å². The number of imidazole rings is 1. The van der Waals surface area contributed by atoms with Crippen molar-refractivity contribution in [2.24, 2.45) is 0 Å². The van der Waals surface area contributed by atoms with E-state index in [9.17, 15) is 8.78 Å². The van der Waals surface area contributed by atoms with Gasteiger partial charge in [0.1, 0.15) is 17.3 Å². The predicted molar refractivity (Wildman–Crippen MR) is 150 cm³/mol. The maximum Gasteiger partial charge on any atom is 0.211 e. The first kappa shape index (κ1) is 25.8. The summed E-state index contributed by atoms with van der Waals surface area (Å²) in [5, 5.41) is 0. The molecule has 0 aliphatic carbocycles. The molecular formula is C31H29F2N5O2. The molecule has 1 saturated heterocycles. The number of aromatic nitrogens is 3. The van der Waals surface area contributed by atoms with Crippen LogP contribution >= 0.6 is 0 Å². The van der Waals surface area contributed by atoms with Crippen molar-refractivity contribution in [1.82, 2.24) is 19.3 Å². The molecule has 0 atom stereocenters. The molecule has 0 saturated carbocycles. The van der Waals surface area contributed by atoms with Gasteiger partial charge < -0.3 is 14.4 Å². The summed E-state index contributed by atoms with van der Waals surface area (Å²) in [5.41, 5.74) is 4.41. The number of nitrogens with zero attached hydrogens (tertiary/aromatic N) is 5. The van der Waals surface area contributed by atoms with E-state index in [1.54, 1.807) is 44.7 Å². The fraction of sp³-hybridized carbons (Fsp3) is 0.226. The first-order valence-corrected chi connectivity index (χ1v) is 13.1. The molecule has 0 radical (unpaired) electrons. The van der Waals surface area contributed by atoms with Gasteiger partial charge in [-0.1, -0.05) is 24.3 Å². The number of ether oxygens (including phenoxy) is 2. The Morgan fingerprint density at radius 2 is 1.38 bits per heavy atom. The molecule has 1 aliphatic heterocycles. The Hall–Kier alpha value is -4.50. The number of anilines is 1. The minimum atomic E-state index is -0.281. The molecule has 5 aromatic rings. The van der Waals surface area contributed by atoms with Crippen molar-refractivity contribution in [2.45, 2.75) is 6.04 Å². The first-order chi connectivity index (χ1) is 19.5. The monoisotopic (exact) mass is 541 g/mol. The number of piperazine rings is 1. The summed E-state index contributed by atoms with van der Waals surface area (Å²) in [6.07, 6.45) is 3.69. The minimum absolute atomic E-state index is 0.123. The smallest absolute Gasteiger partial charge is 0.211 e. The van der Waals surface area contributed by atoms with E-state index in [4.69, 9.17) is 14.5 Å². The van der Waals surface area contributed by atoms with E-state index in [1.165, 1.54) is 24.3 Å². The summed E-state index contributed by atoms with van der Waals surface area (Å²) < 4.78 is 40.4. The van der Waals surface area contributed by atoms with E-state index in [2.05, 4.69) is 14.8 Å². The van der Waals surface area contributed by atoms with Gasteiger partial charge in [0.2, 0.25) is 5.95 Å². The van der Waals surface area contributed by atoms with Crippen LogP contribution in [-0.4, -0.2) is 59.7 Å². The second-order valence-electron chi connectivity index (χ2n) is 9.70. The van der Waals surface area contributed by atoms with E-state index in [1.807, 2.05) is 34.9 Å². The van der Waals surface area contributed by atoms with Gasteiger partial charge in [-0.3, -0.25) is 9.30 Å². The highest BCUT2D eigenvalue weighted by Crippen LogP contribution is 2.34. The molecule has 0 N–H and O–H groups in total. The molecule has 40 heavy (non-hydrogen) atoms. The molecule has 0 unspecified atom stereocenters. The third-order valence-electron chi connectivity index (χ3n) is 7.38. The highest BCUT2D eigenvalue weighted by atomic mass is 19.1. The molecule has 6 rings (SSSR count). The maximum absolute atomic E-state index is 13.7. The van der Waals surface area contributed by atoms with Crippen molar-refractivity contribution in [3.8, 4) is 22.8 Å². The number of rotatable bonds is 7. The van der Waals surface area contributed by atoms with Gasteiger partial charge in [-0.15, -0.1) is 0 Å². The zero-order chi connectivity index (χ0) is 27.6. The van der Waals surface area contributed by atoms with Crippen LogP contribution in [0.4, 0.5) is 14.7 Å². The van der Waals surface area contributed by atoms with Crippen LogP contribution < -0.4 is 14.4 Å². The molecule has 1 fully saturated rings. The van der Waals surface area contributed by atoms with Crippen molar-refractivity contribution in [3.63, 3.8) is 0 Å². The van der Waals surface area contributed by atoms with E-state index < -0.39 is 0 Å². The summed E-state index contributed by atoms with van der Waals surface area (Å²) in [5.74, 6) is 1.53. The van der Waals surface area contributed by atoms with Crippen molar-refractivity contribution in [3.05, 3.63) is 108 Å². The van der Waals surface area contributed by atoms with Gasteiger partial charge in [0.05, 0.1) is 26.0 Å². The maximum atomic E-state index is 13.7. The summed E-state index contributed by atoms with van der Waals surface area (Å²) >= 11 is 0. The van der Waals surface area contributed by atoms with Crippen molar-refractivity contribution >= 4 is 11.6 Å². The van der Waals surface area contributed by atoms with Gasteiger partial charge in [0.15, 0.2) is 11.5 Å². The Morgan fingerprint density at radius 3 is 1.98 bits per heavy atom. The molecule has 2 aromatic heterocycles. The molecule has 3 heterocycles. The molecular weight excluding hydrogens is 512 g/mol. The molecule has 7 nitrogen and oxygen atoms in total. The normalized spacial score (nSPS) is 14.2. The summed E-state index contributed by atoms with van der Waals surface area (Å²) in [6, 6.07) is 20.7. The topological polar surface area (TPSA) is 55.1 Å². The fourth-order valence-electron chi connectivity index (χ4n) is 5.36. The lowest BCUT2D eigenvalue weighted by Gasteiger charge is -2.40. The number of hydrogen-bond acceptors (Lipinski definition) is 6. The number of hydrogen-bond donors (Lipinski definition) is 0. The fourth-order valence-corrected chi connectivity index (χ4v) is 5.36. The molecule has 0 bridgehead atoms. The molecule has 3 aromatic carbocycles. The summed E-state index contributed by atoms with van der Waals surface area (Å²) in [7, 11) is 3.23. The number of methoxy groups -OCH3 is 2. The van der Waals surface area contributed by atoms with Crippen LogP contribution in [0.15, 0.2) is 85.2 Å². The van der Waals surface area contributed by atoms with Gasteiger partial charge in [-0.25, -0.2) is 18.7 Å². The number of halogens is 2. The summed E-state index contributed by atoms with van der Waals surface area (Å²) in [6.45, 7) is 2.90. The zero-order valence-corrected chi connectivity index (χ0v) is 22.3. The van der Waals surface area contributed by atoms with Crippen LogP contribution in [-0.2, 0) is 0 Å². The van der Waals surface area contributed by atoms with Crippen LogP contribution in [0.3, 0.4) is 0 Å². The highest BCUT2D eigenvalue weighted by Gasteiger charge is 2.28. The molecule has 1 aliphatic rings. The SMILES string of the molecule is COc1ccc(-c2cc3nccn3c(N3CCN(C(c4ccc(F)cc4)c4ccc(F)cc4)CC3)n2)cc1OC. The Balaban J connectivity index is 1.30. The Morgan fingerprint density at radius 1 is 0.750 bits per heavy atom. The third kappa shape index (κ3) is 4.96. The molecule has 204 valence electrons. The predicted octanol–water partition coefficient (Wildman–Crippen LogP) is 5.60. The van der Waals surface area contributed by atoms with Gasteiger partial charge in [0, 0.05) is 50.2 Å². The Labute approximate surface area is 231 Å². The Bertz CT molecular complexity index is 1570. The average molecular weight is 542 g/mol. The van der Waals surface area contributed by atoms with Crippen LogP contribution in [0.25, 0.3) is 16.9 Å². The van der Waals surface area contributed by atoms with Crippen molar-refractivity contribution in [1.29, 1.82) is 0 Å². The zero-order valence-electron chi connectivity index (χ0n) is 22.3. The lowest BCUT2D eigenvalue weighted by molar-refractivity contribution is 0.211. The number of benzene rings is 3. The second kappa shape index (κ2) is 10.9. The average Bonchev–Trinajstić information content (AvgIpc) is 3.48. The highest BCUT2D eigenvalue weighted by molar-refractivity contribution is 5.69. The van der Waals surface area contributed by atoms with Crippen LogP contribution in [0.2, 0.25) is 0 Å². The van der Waals surface area contributed by atoms with Crippen LogP contribution in [0.5, 0.6) is 11.5 Å². The summed E-state index contributed by atoms with van der Waals surface area (Å²) in [4.78, 5) is 14.2. The lowest BCUT2D eigenvalue weighted by Crippen LogP contribution is -2.48. The van der Waals surface area contributed by atoms with Crippen molar-refractivity contribution < 1.29 is 18.3 Å². The third-order valence-corrected chi connectivity index (χ3v) is 7.38. The van der Waals surface area contributed by atoms with E-state index in [0.29, 0.717) is 24.6 Å². The van der Waals surface area contributed by atoms with Gasteiger partial charge in [-0.2, -0.15) is 0 Å². The first-order valence-electron chi connectivity index (χ1n) is 13.1. The van der Waals surface area contributed by atoms with Crippen LogP contribution in [0.1, 0.15) is 17.2 Å². The molecule has 0 spiro atoms. The largest absolute Gasteiger partial charge is 0.493 e. The second-order valence-corrected chi connectivity index (χ2v) is 9.70. The minimum Gasteiger partial charge on any atom is -0.493 e. The van der Waals surface area contributed by atoms with Crippen LogP contribution in [0, 0.1) is 11.6 Å². The van der Waals surface area contributed by atoms with Crippen molar-refractivity contribution in [2.75, 3.05) is 45.3 Å². The van der Waals surface area contributed by atoms with E-state index in [0.717, 1.165) is 47.1 Å². The quantitative estimate of drug-likeness (QED) is 0.267. The lowest BCUT2D eigenvalue weighted by atomic mass is 9.96. The van der Waals surface area contributed by atoms with Gasteiger partial charge in [-0.05, 0) is 53.6 Å². The van der Waals surface area contributed by atoms with E-state index in [-0.39, 0.29) is 17.7 Å². The number of fused-ring (bicyclic) bond motifs is 1. The molecule has 9 heteroatoms. The standard InChI is InChI=1S/C31H29F2N5O2/c1-39-27-12-7-23(19-28(27)40-2)26-20-29-34-13-14-38(29)31(35-26)37-17-15-36(16-18-37)30(21-3-8-24(32)9-4-21)22-5-10-25(33)11-6-22/h3-14,19-20,30H,15-18H2,1-2H3. The Kier molecular flexibility index (Phi) is 7.04. The molecule has 0 amide bonds.